The average Bonchev–Trinajstić information content (AvgIpc) is 2.28. The van der Waals surface area contributed by atoms with E-state index in [9.17, 15) is 9.90 Å². The molecular formula is C13H25NO2S. The van der Waals surface area contributed by atoms with Crippen molar-refractivity contribution in [3.63, 3.8) is 0 Å². The third-order valence-corrected chi connectivity index (χ3v) is 3.59. The molecule has 0 spiro atoms. The molecule has 3 nitrogen and oxygen atoms in total. The number of carboxylic acids is 1. The minimum atomic E-state index is -0.964. The Labute approximate surface area is 109 Å². The van der Waals surface area contributed by atoms with Gasteiger partial charge < -0.3 is 14.4 Å². The maximum Gasteiger partial charge on any atom is 0.0969 e. The number of thioether (sulfide) groups is 1. The number of carbonyl (C=O) groups excluding carboxylic acids is 1. The zero-order valence-electron chi connectivity index (χ0n) is 11.1. The largest absolute Gasteiger partial charge is 0.550 e. The number of rotatable bonds is 5. The molecule has 0 saturated carbocycles. The van der Waals surface area contributed by atoms with Crippen LogP contribution in [-0.2, 0) is 4.79 Å². The molecule has 0 bridgehead atoms. The van der Waals surface area contributed by atoms with Crippen molar-refractivity contribution in [1.29, 1.82) is 0 Å². The van der Waals surface area contributed by atoms with Crippen LogP contribution >= 0.6 is 11.8 Å². The summed E-state index contributed by atoms with van der Waals surface area (Å²) >= 11 is 1.51. The van der Waals surface area contributed by atoms with Crippen molar-refractivity contribution in [3.05, 3.63) is 12.7 Å². The summed E-state index contributed by atoms with van der Waals surface area (Å²) in [6, 6.07) is 0. The summed E-state index contributed by atoms with van der Waals surface area (Å²) in [5, 5.41) is 9.63. The molecule has 0 aliphatic carbocycles. The fourth-order valence-corrected chi connectivity index (χ4v) is 2.33. The molecule has 0 aromatic carbocycles. The molecule has 100 valence electrons. The third-order valence-electron chi connectivity index (χ3n) is 2.98. The molecular weight excluding hydrogens is 234 g/mol. The Morgan fingerprint density at radius 2 is 2.00 bits per heavy atom. The van der Waals surface area contributed by atoms with E-state index in [4.69, 9.17) is 0 Å². The lowest BCUT2D eigenvalue weighted by molar-refractivity contribution is -0.908. The molecule has 0 N–H and O–H groups in total. The van der Waals surface area contributed by atoms with Gasteiger partial charge in [-0.1, -0.05) is 6.58 Å². The van der Waals surface area contributed by atoms with Gasteiger partial charge in [0, 0.05) is 5.97 Å². The van der Waals surface area contributed by atoms with Gasteiger partial charge in [-0.05, 0) is 43.8 Å². The summed E-state index contributed by atoms with van der Waals surface area (Å²) in [6.45, 7) is 7.64. The predicted molar refractivity (Wildman–Crippen MR) is 72.8 cm³/mol. The first kappa shape index (κ1) is 16.5. The molecule has 0 aromatic rings. The minimum Gasteiger partial charge on any atom is -0.550 e. The predicted octanol–water partition coefficient (Wildman–Crippen LogP) is 1.29. The van der Waals surface area contributed by atoms with Crippen molar-refractivity contribution >= 4 is 17.7 Å². The van der Waals surface area contributed by atoms with Crippen LogP contribution in [0.3, 0.4) is 0 Å². The molecule has 1 aliphatic heterocycles. The van der Waals surface area contributed by atoms with Gasteiger partial charge in [-0.15, -0.1) is 0 Å². The van der Waals surface area contributed by atoms with Crippen LogP contribution in [0, 0.1) is 0 Å². The number of hydrogen-bond acceptors (Lipinski definition) is 3. The van der Waals surface area contributed by atoms with Crippen LogP contribution in [0.15, 0.2) is 12.7 Å². The normalized spacial score (nSPS) is 17.8. The average molecular weight is 259 g/mol. The number of carboxylic acid groups (broad SMARTS) is 1. The second-order valence-corrected chi connectivity index (χ2v) is 5.70. The highest BCUT2D eigenvalue weighted by Gasteiger charge is 2.22. The van der Waals surface area contributed by atoms with Crippen LogP contribution in [0.1, 0.15) is 25.7 Å². The first-order valence-corrected chi connectivity index (χ1v) is 7.56. The molecule has 1 saturated heterocycles. The smallest absolute Gasteiger partial charge is 0.0969 e. The molecule has 0 radical (unpaired) electrons. The zero-order valence-corrected chi connectivity index (χ0v) is 11.9. The van der Waals surface area contributed by atoms with Gasteiger partial charge >= 0.3 is 0 Å². The summed E-state index contributed by atoms with van der Waals surface area (Å²) in [5.74, 6) is -0.308. The second kappa shape index (κ2) is 9.54. The van der Waals surface area contributed by atoms with Crippen LogP contribution in [0.2, 0.25) is 0 Å². The zero-order chi connectivity index (χ0) is 13.1. The molecule has 0 unspecified atom stereocenters. The second-order valence-electron chi connectivity index (χ2n) is 4.71. The number of nitrogens with zero attached hydrogens (tertiary/aromatic N) is 1. The lowest BCUT2D eigenvalue weighted by atomic mass is 10.1. The van der Waals surface area contributed by atoms with Gasteiger partial charge in [-0.3, -0.25) is 0 Å². The Morgan fingerprint density at radius 3 is 2.35 bits per heavy atom. The van der Waals surface area contributed by atoms with Crippen LogP contribution in [-0.4, -0.2) is 49.1 Å². The van der Waals surface area contributed by atoms with Crippen molar-refractivity contribution in [2.45, 2.75) is 25.7 Å². The Morgan fingerprint density at radius 1 is 1.41 bits per heavy atom. The van der Waals surface area contributed by atoms with Crippen LogP contribution in [0.5, 0.6) is 0 Å². The molecule has 1 fully saturated rings. The van der Waals surface area contributed by atoms with Gasteiger partial charge in [0.15, 0.2) is 0 Å². The van der Waals surface area contributed by atoms with E-state index in [-0.39, 0.29) is 6.42 Å². The number of aliphatic carboxylic acids is 1. The van der Waals surface area contributed by atoms with Crippen molar-refractivity contribution in [2.75, 3.05) is 38.7 Å². The van der Waals surface area contributed by atoms with Gasteiger partial charge in [0.05, 0.1) is 26.7 Å². The fraction of sp³-hybridized carbons (Fsp3) is 0.769. The number of likely N-dealkylation sites (N-methyl/N-ethyl adjacent to an activating group) is 1. The van der Waals surface area contributed by atoms with E-state index in [2.05, 4.69) is 13.6 Å². The summed E-state index contributed by atoms with van der Waals surface area (Å²) in [5.41, 5.74) is 0. The Kier molecular flexibility index (Phi) is 9.27. The quantitative estimate of drug-likeness (QED) is 0.552. The van der Waals surface area contributed by atoms with E-state index in [0.29, 0.717) is 5.75 Å². The first-order valence-electron chi connectivity index (χ1n) is 6.17. The number of likely N-dealkylation sites (tertiary alicyclic amines) is 1. The van der Waals surface area contributed by atoms with Crippen LogP contribution < -0.4 is 5.11 Å². The topological polar surface area (TPSA) is 40.1 Å². The summed E-state index contributed by atoms with van der Waals surface area (Å²) < 4.78 is 1.23. The number of hydrogen-bond donors (Lipinski definition) is 0. The molecule has 1 rings (SSSR count). The van der Waals surface area contributed by atoms with Crippen molar-refractivity contribution < 1.29 is 14.4 Å². The van der Waals surface area contributed by atoms with Gasteiger partial charge in [0.25, 0.3) is 0 Å². The van der Waals surface area contributed by atoms with Crippen LogP contribution in [0.4, 0.5) is 0 Å². The van der Waals surface area contributed by atoms with E-state index in [1.807, 2.05) is 12.3 Å². The Hall–Kier alpha value is -0.480. The summed E-state index contributed by atoms with van der Waals surface area (Å²) in [7, 11) is 2.33. The van der Waals surface area contributed by atoms with Crippen molar-refractivity contribution in [1.82, 2.24) is 0 Å². The molecule has 17 heavy (non-hydrogen) atoms. The van der Waals surface area contributed by atoms with Crippen molar-refractivity contribution in [2.24, 2.45) is 0 Å². The van der Waals surface area contributed by atoms with Gasteiger partial charge in [-0.25, -0.2) is 0 Å². The minimum absolute atomic E-state index is 0.168. The van der Waals surface area contributed by atoms with Crippen LogP contribution in [0.25, 0.3) is 0 Å². The monoisotopic (exact) mass is 259 g/mol. The lowest BCUT2D eigenvalue weighted by Crippen LogP contribution is -2.47. The lowest BCUT2D eigenvalue weighted by Gasteiger charge is -2.36. The Balaban J connectivity index is 0.000000325. The van der Waals surface area contributed by atoms with E-state index >= 15 is 0 Å². The van der Waals surface area contributed by atoms with E-state index in [1.165, 1.54) is 48.6 Å². The molecule has 0 aromatic heterocycles. The SMILES string of the molecule is C=CC[N+]1(C)CCCCC1.CSCCC(=O)[O-]. The van der Waals surface area contributed by atoms with Gasteiger partial charge in [-0.2, -0.15) is 11.8 Å². The molecule has 1 heterocycles. The number of carbonyl (C=O) groups is 1. The van der Waals surface area contributed by atoms with E-state index < -0.39 is 5.97 Å². The highest BCUT2D eigenvalue weighted by Crippen LogP contribution is 2.15. The Bertz CT molecular complexity index is 225. The summed E-state index contributed by atoms with van der Waals surface area (Å²) in [4.78, 5) is 9.63. The highest BCUT2D eigenvalue weighted by atomic mass is 32.2. The number of quaternary nitrogens is 1. The third kappa shape index (κ3) is 9.24. The van der Waals surface area contributed by atoms with Gasteiger partial charge in [0.1, 0.15) is 0 Å². The molecule has 0 amide bonds. The maximum absolute atomic E-state index is 9.63. The molecule has 0 atom stereocenters. The first-order chi connectivity index (χ1) is 8.04. The molecule has 1 aliphatic rings. The molecule has 4 heteroatoms. The van der Waals surface area contributed by atoms with E-state index in [1.54, 1.807) is 0 Å². The van der Waals surface area contributed by atoms with E-state index in [0.717, 1.165) is 6.54 Å². The highest BCUT2D eigenvalue weighted by molar-refractivity contribution is 7.98. The van der Waals surface area contributed by atoms with Gasteiger partial charge in [0.2, 0.25) is 0 Å². The summed E-state index contributed by atoms with van der Waals surface area (Å²) in [6.07, 6.45) is 8.33. The number of piperidine rings is 1. The standard InChI is InChI=1S/C9H18N.C4H8O2S/c1-3-7-10(2)8-5-4-6-9-10;1-7-3-2-4(5)6/h3H,1,4-9H2,2H3;2-3H2,1H3,(H,5,6)/q+1;/p-1. The maximum atomic E-state index is 9.63. The fourth-order valence-electron chi connectivity index (χ4n) is 1.96. The van der Waals surface area contributed by atoms with Crippen molar-refractivity contribution in [3.8, 4) is 0 Å².